The summed E-state index contributed by atoms with van der Waals surface area (Å²) < 4.78 is 0. The summed E-state index contributed by atoms with van der Waals surface area (Å²) in [5.74, 6) is -3.72. The van der Waals surface area contributed by atoms with Crippen molar-refractivity contribution in [1.82, 2.24) is 4.90 Å². The van der Waals surface area contributed by atoms with E-state index in [2.05, 4.69) is 0 Å². The molecule has 4 N–H and O–H groups in total. The molecule has 2 heterocycles. The number of fused-ring (bicyclic) bond motifs is 1. The quantitative estimate of drug-likeness (QED) is 0.305. The molecular formula is C13H17N2NaO6S. The van der Waals surface area contributed by atoms with Crippen LogP contribution in [-0.2, 0) is 14.4 Å². The number of amides is 1. The summed E-state index contributed by atoms with van der Waals surface area (Å²) in [4.78, 5) is 35.6. The van der Waals surface area contributed by atoms with Gasteiger partial charge in [0.15, 0.2) is 0 Å². The van der Waals surface area contributed by atoms with Crippen molar-refractivity contribution in [2.75, 3.05) is 5.75 Å². The van der Waals surface area contributed by atoms with Gasteiger partial charge in [0, 0.05) is 17.1 Å². The Hall–Kier alpha value is -0.580. The molecule has 0 spiro atoms. The van der Waals surface area contributed by atoms with Gasteiger partial charge in [-0.05, 0) is 6.42 Å². The van der Waals surface area contributed by atoms with E-state index in [0.717, 1.165) is 16.7 Å². The Kier molecular flexibility index (Phi) is 7.12. The normalized spacial score (nSPS) is 25.3. The van der Waals surface area contributed by atoms with Crippen molar-refractivity contribution in [3.05, 3.63) is 10.6 Å². The molecule has 8 nitrogen and oxygen atoms in total. The van der Waals surface area contributed by atoms with Crippen LogP contribution < -0.4 is 40.4 Å². The number of carboxylic acids is 2. The summed E-state index contributed by atoms with van der Waals surface area (Å²) in [5, 5.41) is 29.9. The molecule has 2 aliphatic rings. The Morgan fingerprint density at radius 3 is 2.61 bits per heavy atom. The van der Waals surface area contributed by atoms with E-state index in [1.165, 1.54) is 0 Å². The summed E-state index contributed by atoms with van der Waals surface area (Å²) in [6.07, 6.45) is -0.149. The van der Waals surface area contributed by atoms with Gasteiger partial charge in [0.2, 0.25) is 5.91 Å². The van der Waals surface area contributed by atoms with Crippen LogP contribution in [-0.4, -0.2) is 56.9 Å². The number of carbonyl (C=O) groups excluding carboxylic acids is 2. The molecule has 2 rings (SSSR count). The fraction of sp³-hybridized carbons (Fsp3) is 0.615. The summed E-state index contributed by atoms with van der Waals surface area (Å²) in [6.45, 7) is 1.74. The molecule has 0 saturated carbocycles. The molecule has 0 radical (unpaired) electrons. The fourth-order valence-electron chi connectivity index (χ4n) is 2.76. The van der Waals surface area contributed by atoms with Crippen LogP contribution in [0.3, 0.4) is 0 Å². The van der Waals surface area contributed by atoms with Gasteiger partial charge in [-0.25, -0.2) is 0 Å². The Balaban J connectivity index is 0.00000264. The number of hydrogen-bond acceptors (Lipinski definition) is 7. The van der Waals surface area contributed by atoms with Crippen LogP contribution in [0.1, 0.15) is 19.8 Å². The molecular weight excluding hydrogens is 335 g/mol. The van der Waals surface area contributed by atoms with Gasteiger partial charge in [-0.2, -0.15) is 0 Å². The van der Waals surface area contributed by atoms with Gasteiger partial charge in [-0.1, -0.05) is 6.92 Å². The maximum Gasteiger partial charge on any atom is 1.00 e. The molecule has 4 atom stereocenters. The van der Waals surface area contributed by atoms with Crippen molar-refractivity contribution < 1.29 is 59.3 Å². The van der Waals surface area contributed by atoms with Gasteiger partial charge in [0.1, 0.15) is 6.04 Å². The number of rotatable bonds is 7. The Morgan fingerprint density at radius 2 is 2.13 bits per heavy atom. The van der Waals surface area contributed by atoms with E-state index >= 15 is 0 Å². The van der Waals surface area contributed by atoms with E-state index in [1.54, 1.807) is 6.92 Å². The molecule has 1 unspecified atom stereocenters. The van der Waals surface area contributed by atoms with Crippen LogP contribution in [0.2, 0.25) is 0 Å². The van der Waals surface area contributed by atoms with Crippen molar-refractivity contribution in [3.8, 4) is 0 Å². The molecule has 1 fully saturated rings. The average Bonchev–Trinajstić information content (AvgIpc) is 2.79. The monoisotopic (exact) mass is 352 g/mol. The van der Waals surface area contributed by atoms with E-state index in [0.29, 0.717) is 11.3 Å². The van der Waals surface area contributed by atoms with Gasteiger partial charge >= 0.3 is 35.5 Å². The van der Waals surface area contributed by atoms with Gasteiger partial charge in [-0.15, -0.1) is 11.8 Å². The Morgan fingerprint density at radius 1 is 1.52 bits per heavy atom. The first kappa shape index (κ1) is 20.5. The van der Waals surface area contributed by atoms with Crippen molar-refractivity contribution in [2.24, 2.45) is 11.7 Å². The number of nitrogens with two attached hydrogens (primary N) is 1. The van der Waals surface area contributed by atoms with Gasteiger partial charge in [-0.3, -0.25) is 9.59 Å². The first-order chi connectivity index (χ1) is 10.3. The minimum absolute atomic E-state index is 0. The van der Waals surface area contributed by atoms with Crippen LogP contribution in [0.4, 0.5) is 0 Å². The second-order valence-corrected chi connectivity index (χ2v) is 6.41. The minimum Gasteiger partial charge on any atom is -0.543 e. The fourth-order valence-corrected chi connectivity index (χ4v) is 3.89. The third kappa shape index (κ3) is 3.75. The smallest absolute Gasteiger partial charge is 0.543 e. The zero-order valence-corrected chi connectivity index (χ0v) is 15.7. The molecule has 1 amide bonds. The Bertz CT molecular complexity index is 555. The zero-order chi connectivity index (χ0) is 16.6. The molecule has 0 aliphatic carbocycles. The third-order valence-electron chi connectivity index (χ3n) is 3.95. The van der Waals surface area contributed by atoms with E-state index < -0.39 is 42.0 Å². The molecule has 1 saturated heterocycles. The maximum atomic E-state index is 12.1. The van der Waals surface area contributed by atoms with Gasteiger partial charge < -0.3 is 30.7 Å². The molecule has 2 aliphatic heterocycles. The van der Waals surface area contributed by atoms with E-state index in [-0.39, 0.29) is 47.4 Å². The second-order valence-electron chi connectivity index (χ2n) is 5.30. The third-order valence-corrected chi connectivity index (χ3v) is 5.18. The second kappa shape index (κ2) is 8.00. The standard InChI is InChI=1S/C13H18N2O6S.Na/c1-2-7(16)9-6-3-8(22-4-5(14)12(18)19)10(13(20)21)15(6)11(9)17;/h5-7,9,16H,2-4,14H2,1H3,(H,18,19)(H,20,21);/q;+1/p-1/t5-,6+,7?,9-;/m0./s1. The van der Waals surface area contributed by atoms with E-state index in [4.69, 9.17) is 10.8 Å². The number of β-lactam (4-membered cyclic amide) rings is 1. The number of nitrogens with zero attached hydrogens (tertiary/aromatic N) is 1. The van der Waals surface area contributed by atoms with E-state index in [9.17, 15) is 24.6 Å². The van der Waals surface area contributed by atoms with Crippen LogP contribution in [0.15, 0.2) is 10.6 Å². The van der Waals surface area contributed by atoms with Crippen LogP contribution in [0.5, 0.6) is 0 Å². The van der Waals surface area contributed by atoms with Gasteiger partial charge in [0.25, 0.3) is 0 Å². The van der Waals surface area contributed by atoms with Gasteiger partial charge in [0.05, 0.1) is 29.7 Å². The van der Waals surface area contributed by atoms with Crippen molar-refractivity contribution in [1.29, 1.82) is 0 Å². The number of hydrogen-bond donors (Lipinski definition) is 3. The number of aliphatic carboxylic acids is 2. The molecule has 23 heavy (non-hydrogen) atoms. The molecule has 0 aromatic heterocycles. The molecule has 0 bridgehead atoms. The summed E-state index contributed by atoms with van der Waals surface area (Å²) >= 11 is 1.01. The number of aliphatic hydroxyl groups excluding tert-OH is 1. The molecule has 10 heteroatoms. The topological polar surface area (TPSA) is 144 Å². The first-order valence-electron chi connectivity index (χ1n) is 6.86. The predicted octanol–water partition coefficient (Wildman–Crippen LogP) is -4.90. The van der Waals surface area contributed by atoms with Crippen LogP contribution in [0, 0.1) is 5.92 Å². The predicted molar refractivity (Wildman–Crippen MR) is 75.1 cm³/mol. The number of carbonyl (C=O) groups is 3. The SMILES string of the molecule is CCC(O)[C@H]1C(=O)N2C(C(=O)[O-])=C(SC[C@H](N)C(=O)O)C[C@H]12.[Na+]. The van der Waals surface area contributed by atoms with Crippen molar-refractivity contribution in [3.63, 3.8) is 0 Å². The summed E-state index contributed by atoms with van der Waals surface area (Å²) in [7, 11) is 0. The summed E-state index contributed by atoms with van der Waals surface area (Å²) in [6, 6.07) is -1.53. The largest absolute Gasteiger partial charge is 1.00 e. The Labute approximate surface area is 159 Å². The van der Waals surface area contributed by atoms with Crippen LogP contribution in [0.25, 0.3) is 0 Å². The van der Waals surface area contributed by atoms with Crippen molar-refractivity contribution >= 4 is 29.6 Å². The summed E-state index contributed by atoms with van der Waals surface area (Å²) in [5.41, 5.74) is 5.17. The molecule has 0 aromatic carbocycles. The molecule has 122 valence electrons. The number of thioether (sulfide) groups is 1. The van der Waals surface area contributed by atoms with Crippen molar-refractivity contribution in [2.45, 2.75) is 38.0 Å². The maximum absolute atomic E-state index is 12.1. The first-order valence-corrected chi connectivity index (χ1v) is 7.84. The molecule has 0 aromatic rings. The zero-order valence-electron chi connectivity index (χ0n) is 12.9. The minimum atomic E-state index is -1.48. The number of aliphatic hydroxyl groups is 1. The number of carboxylic acid groups (broad SMARTS) is 2. The van der Waals surface area contributed by atoms with E-state index in [1.807, 2.05) is 0 Å². The average molecular weight is 352 g/mol. The van der Waals surface area contributed by atoms with Crippen LogP contribution >= 0.6 is 11.8 Å².